The molecular weight excluding hydrogens is 358 g/mol. The minimum absolute atomic E-state index is 0.0459. The monoisotopic (exact) mass is 378 g/mol. The Morgan fingerprint density at radius 2 is 1.77 bits per heavy atom. The van der Waals surface area contributed by atoms with Crippen molar-refractivity contribution in [3.8, 4) is 0 Å². The molecule has 0 aliphatic rings. The van der Waals surface area contributed by atoms with Gasteiger partial charge in [-0.3, -0.25) is 9.59 Å². The van der Waals surface area contributed by atoms with E-state index in [-0.39, 0.29) is 18.2 Å². The fraction of sp³-hybridized carbons (Fsp3) is 0.263. The Labute approximate surface area is 155 Å². The lowest BCUT2D eigenvalue weighted by molar-refractivity contribution is -0.129. The molecule has 0 atom stereocenters. The molecule has 0 bridgehead atoms. The van der Waals surface area contributed by atoms with Crippen LogP contribution in [0.2, 0.25) is 0 Å². The summed E-state index contributed by atoms with van der Waals surface area (Å²) in [6, 6.07) is 10.7. The topological polar surface area (TPSA) is 49.4 Å². The Kier molecular flexibility index (Phi) is 7.15. The number of hydrogen-bond acceptors (Lipinski definition) is 3. The minimum atomic E-state index is -0.890. The van der Waals surface area contributed by atoms with Crippen molar-refractivity contribution in [2.45, 2.75) is 17.9 Å². The van der Waals surface area contributed by atoms with Gasteiger partial charge in [-0.1, -0.05) is 12.1 Å². The van der Waals surface area contributed by atoms with Crippen molar-refractivity contribution in [1.82, 2.24) is 10.2 Å². The van der Waals surface area contributed by atoms with Crippen molar-refractivity contribution in [1.29, 1.82) is 0 Å². The predicted octanol–water partition coefficient (Wildman–Crippen LogP) is 3.47. The first-order valence-electron chi connectivity index (χ1n) is 8.03. The molecule has 26 heavy (non-hydrogen) atoms. The van der Waals surface area contributed by atoms with E-state index >= 15 is 0 Å². The van der Waals surface area contributed by atoms with Crippen LogP contribution in [0.5, 0.6) is 0 Å². The van der Waals surface area contributed by atoms with Gasteiger partial charge in [0.25, 0.3) is 5.91 Å². The van der Waals surface area contributed by atoms with Crippen molar-refractivity contribution >= 4 is 23.6 Å². The van der Waals surface area contributed by atoms with Crippen LogP contribution in [0.15, 0.2) is 47.4 Å². The number of amides is 2. The second-order valence-electron chi connectivity index (χ2n) is 5.70. The lowest BCUT2D eigenvalue weighted by Gasteiger charge is -2.17. The summed E-state index contributed by atoms with van der Waals surface area (Å²) in [5.41, 5.74) is 1.48. The first-order valence-corrected chi connectivity index (χ1v) is 9.02. The second kappa shape index (κ2) is 9.33. The zero-order chi connectivity index (χ0) is 19.1. The van der Waals surface area contributed by atoms with Gasteiger partial charge in [0.05, 0.1) is 0 Å². The molecule has 0 aromatic heterocycles. The van der Waals surface area contributed by atoms with E-state index in [2.05, 4.69) is 5.32 Å². The molecule has 0 saturated heterocycles. The second-order valence-corrected chi connectivity index (χ2v) is 6.87. The van der Waals surface area contributed by atoms with Gasteiger partial charge in [-0.05, 0) is 35.9 Å². The standard InChI is InChI=1S/C19H20F2N2O2S/c1-22-19(25)14-5-3-13(4-6-14)12-23(2)18(24)9-10-26-15-7-8-16(20)17(21)11-15/h3-8,11H,9-10,12H2,1-2H3,(H,22,25). The predicted molar refractivity (Wildman–Crippen MR) is 98.0 cm³/mol. The number of carbonyl (C=O) groups excluding carboxylic acids is 2. The lowest BCUT2D eigenvalue weighted by Crippen LogP contribution is -2.26. The summed E-state index contributed by atoms with van der Waals surface area (Å²) in [4.78, 5) is 25.9. The molecule has 0 aliphatic carbocycles. The Morgan fingerprint density at radius 1 is 1.08 bits per heavy atom. The molecule has 1 N–H and O–H groups in total. The van der Waals surface area contributed by atoms with Gasteiger partial charge in [0.2, 0.25) is 5.91 Å². The fourth-order valence-corrected chi connectivity index (χ4v) is 3.15. The summed E-state index contributed by atoms with van der Waals surface area (Å²) < 4.78 is 26.0. The summed E-state index contributed by atoms with van der Waals surface area (Å²) in [5, 5.41) is 2.55. The number of benzene rings is 2. The zero-order valence-electron chi connectivity index (χ0n) is 14.6. The highest BCUT2D eigenvalue weighted by atomic mass is 32.2. The number of thioether (sulfide) groups is 1. The largest absolute Gasteiger partial charge is 0.355 e. The lowest BCUT2D eigenvalue weighted by atomic mass is 10.1. The molecule has 0 saturated carbocycles. The Bertz CT molecular complexity index is 782. The third kappa shape index (κ3) is 5.56. The molecule has 2 rings (SSSR count). The van der Waals surface area contributed by atoms with E-state index in [1.54, 1.807) is 31.1 Å². The molecular formula is C19H20F2N2O2S. The quantitative estimate of drug-likeness (QED) is 0.751. The van der Waals surface area contributed by atoms with Gasteiger partial charge in [-0.2, -0.15) is 0 Å². The van der Waals surface area contributed by atoms with Crippen LogP contribution >= 0.6 is 11.8 Å². The third-order valence-corrected chi connectivity index (χ3v) is 4.76. The molecule has 0 radical (unpaired) electrons. The number of carbonyl (C=O) groups is 2. The average Bonchev–Trinajstić information content (AvgIpc) is 2.64. The van der Waals surface area contributed by atoms with Gasteiger partial charge in [-0.15, -0.1) is 11.8 Å². The number of rotatable bonds is 7. The van der Waals surface area contributed by atoms with Crippen LogP contribution in [0.1, 0.15) is 22.3 Å². The summed E-state index contributed by atoms with van der Waals surface area (Å²) in [5.74, 6) is -1.50. The van der Waals surface area contributed by atoms with E-state index in [1.807, 2.05) is 12.1 Å². The maximum atomic E-state index is 13.1. The van der Waals surface area contributed by atoms with Gasteiger partial charge in [-0.25, -0.2) is 8.78 Å². The van der Waals surface area contributed by atoms with Gasteiger partial charge in [0.1, 0.15) is 0 Å². The molecule has 0 aliphatic heterocycles. The van der Waals surface area contributed by atoms with E-state index in [4.69, 9.17) is 0 Å². The average molecular weight is 378 g/mol. The smallest absolute Gasteiger partial charge is 0.251 e. The van der Waals surface area contributed by atoms with Crippen LogP contribution in [0.3, 0.4) is 0 Å². The van der Waals surface area contributed by atoms with Crippen LogP contribution in [0.4, 0.5) is 8.78 Å². The first-order chi connectivity index (χ1) is 12.4. The van der Waals surface area contributed by atoms with E-state index in [1.165, 1.54) is 17.8 Å². The van der Waals surface area contributed by atoms with Crippen molar-refractivity contribution in [3.05, 3.63) is 65.2 Å². The molecule has 138 valence electrons. The van der Waals surface area contributed by atoms with Gasteiger partial charge in [0.15, 0.2) is 11.6 Å². The number of nitrogens with zero attached hydrogens (tertiary/aromatic N) is 1. The highest BCUT2D eigenvalue weighted by molar-refractivity contribution is 7.99. The number of halogens is 2. The van der Waals surface area contributed by atoms with Crippen LogP contribution in [-0.4, -0.2) is 36.6 Å². The van der Waals surface area contributed by atoms with Crippen LogP contribution < -0.4 is 5.32 Å². The van der Waals surface area contributed by atoms with Crippen molar-refractivity contribution in [2.75, 3.05) is 19.8 Å². The molecule has 2 aromatic carbocycles. The maximum absolute atomic E-state index is 13.1. The summed E-state index contributed by atoms with van der Waals surface area (Å²) in [7, 11) is 3.28. The molecule has 0 fully saturated rings. The van der Waals surface area contributed by atoms with Crippen LogP contribution in [-0.2, 0) is 11.3 Å². The third-order valence-electron chi connectivity index (χ3n) is 3.76. The molecule has 2 amide bonds. The normalized spacial score (nSPS) is 10.5. The minimum Gasteiger partial charge on any atom is -0.355 e. The van der Waals surface area contributed by atoms with Crippen molar-refractivity contribution in [3.63, 3.8) is 0 Å². The highest BCUT2D eigenvalue weighted by Crippen LogP contribution is 2.21. The summed E-state index contributed by atoms with van der Waals surface area (Å²) in [6.45, 7) is 0.433. The van der Waals surface area contributed by atoms with E-state index in [0.29, 0.717) is 22.8 Å². The van der Waals surface area contributed by atoms with Gasteiger partial charge < -0.3 is 10.2 Å². The molecule has 0 unspecified atom stereocenters. The van der Waals surface area contributed by atoms with E-state index in [9.17, 15) is 18.4 Å². The SMILES string of the molecule is CNC(=O)c1ccc(CN(C)C(=O)CCSc2ccc(F)c(F)c2)cc1. The summed E-state index contributed by atoms with van der Waals surface area (Å²) >= 11 is 1.30. The Hall–Kier alpha value is -2.41. The Balaban J connectivity index is 1.81. The molecule has 0 spiro atoms. The molecule has 2 aromatic rings. The van der Waals surface area contributed by atoms with E-state index < -0.39 is 11.6 Å². The molecule has 4 nitrogen and oxygen atoms in total. The summed E-state index contributed by atoms with van der Waals surface area (Å²) in [6.07, 6.45) is 0.288. The van der Waals surface area contributed by atoms with Crippen LogP contribution in [0.25, 0.3) is 0 Å². The zero-order valence-corrected chi connectivity index (χ0v) is 15.4. The van der Waals surface area contributed by atoms with Crippen molar-refractivity contribution in [2.24, 2.45) is 0 Å². The van der Waals surface area contributed by atoms with Crippen LogP contribution in [0, 0.1) is 11.6 Å². The maximum Gasteiger partial charge on any atom is 0.251 e. The molecule has 0 heterocycles. The van der Waals surface area contributed by atoms with E-state index in [0.717, 1.165) is 17.7 Å². The first kappa shape index (κ1) is 19.9. The van der Waals surface area contributed by atoms with Gasteiger partial charge in [0, 0.05) is 43.3 Å². The highest BCUT2D eigenvalue weighted by Gasteiger charge is 2.11. The number of hydrogen-bond donors (Lipinski definition) is 1. The number of nitrogens with one attached hydrogen (secondary N) is 1. The van der Waals surface area contributed by atoms with Crippen molar-refractivity contribution < 1.29 is 18.4 Å². The fourth-order valence-electron chi connectivity index (χ4n) is 2.28. The molecule has 7 heteroatoms. The van der Waals surface area contributed by atoms with Gasteiger partial charge >= 0.3 is 0 Å². The Morgan fingerprint density at radius 3 is 2.38 bits per heavy atom.